The number of carbonyl (C=O) groups is 4. The van der Waals surface area contributed by atoms with E-state index in [9.17, 15) is 24.4 Å². The molecule has 3 saturated carbocycles. The Morgan fingerprint density at radius 1 is 0.984 bits per heavy atom. The minimum Gasteiger partial charge on any atom is -0.490 e. The number of halogens is 1. The van der Waals surface area contributed by atoms with Gasteiger partial charge in [0.25, 0.3) is 11.8 Å². The molecular formula is C48H57ClN8O6. The minimum absolute atomic E-state index is 0.0650. The number of fused-ring (bicyclic) bond motifs is 2. The number of anilines is 1. The first-order valence-electron chi connectivity index (χ1n) is 22.5. The second-order valence-electron chi connectivity index (χ2n) is 20.0. The molecule has 0 bridgehead atoms. The molecule has 1 spiro atoms. The zero-order chi connectivity index (χ0) is 44.6. The molecule has 1 unspecified atom stereocenters. The number of imide groups is 1. The first kappa shape index (κ1) is 43.0. The van der Waals surface area contributed by atoms with Crippen LogP contribution in [0, 0.1) is 28.1 Å². The summed E-state index contributed by atoms with van der Waals surface area (Å²) < 4.78 is 12.8. The Balaban J connectivity index is 0.740. The van der Waals surface area contributed by atoms with Gasteiger partial charge in [-0.15, -0.1) is 0 Å². The van der Waals surface area contributed by atoms with E-state index in [4.69, 9.17) is 21.1 Å². The van der Waals surface area contributed by atoms with Crippen molar-refractivity contribution in [3.8, 4) is 17.6 Å². The minimum atomic E-state index is -0.628. The predicted octanol–water partition coefficient (Wildman–Crippen LogP) is 6.40. The molecule has 1 aromatic heterocycles. The Labute approximate surface area is 374 Å². The number of benzene rings is 2. The second kappa shape index (κ2) is 16.1. The Morgan fingerprint density at radius 3 is 2.30 bits per heavy atom. The largest absolute Gasteiger partial charge is 0.490 e. The van der Waals surface area contributed by atoms with Gasteiger partial charge in [0, 0.05) is 79.5 Å². The first-order valence-corrected chi connectivity index (χ1v) is 22.9. The lowest BCUT2D eigenvalue weighted by Gasteiger charge is -2.63. The number of hydrogen-bond acceptors (Lipinski definition) is 11. The monoisotopic (exact) mass is 876 g/mol. The van der Waals surface area contributed by atoms with E-state index in [0.29, 0.717) is 52.1 Å². The third kappa shape index (κ3) is 7.68. The van der Waals surface area contributed by atoms with Crippen molar-refractivity contribution in [2.45, 2.75) is 135 Å². The average molecular weight is 877 g/mol. The van der Waals surface area contributed by atoms with Gasteiger partial charge in [0.05, 0.1) is 28.5 Å². The highest BCUT2D eigenvalue weighted by atomic mass is 35.5. The summed E-state index contributed by atoms with van der Waals surface area (Å²) in [7, 11) is 0. The van der Waals surface area contributed by atoms with Crippen molar-refractivity contribution in [3.63, 3.8) is 0 Å². The molecule has 9 rings (SSSR count). The van der Waals surface area contributed by atoms with Crippen molar-refractivity contribution >= 4 is 41.0 Å². The number of carbonyl (C=O) groups excluding carboxylic acids is 4. The smallest absolute Gasteiger partial charge is 0.271 e. The maximum Gasteiger partial charge on any atom is 0.271 e. The maximum atomic E-state index is 13.8. The van der Waals surface area contributed by atoms with Crippen LogP contribution in [0.5, 0.6) is 11.5 Å². The first-order chi connectivity index (χ1) is 30.0. The van der Waals surface area contributed by atoms with E-state index in [1.165, 1.54) is 0 Å². The van der Waals surface area contributed by atoms with E-state index in [1.807, 2.05) is 18.2 Å². The van der Waals surface area contributed by atoms with E-state index in [-0.39, 0.29) is 54.0 Å². The van der Waals surface area contributed by atoms with Crippen molar-refractivity contribution in [2.75, 3.05) is 24.5 Å². The van der Waals surface area contributed by atoms with Crippen LogP contribution in [0.2, 0.25) is 5.02 Å². The highest BCUT2D eigenvalue weighted by molar-refractivity contribution is 6.31. The van der Waals surface area contributed by atoms with E-state index in [0.717, 1.165) is 69.5 Å². The average Bonchev–Trinajstić information content (AvgIpc) is 4.00. The standard InChI is InChI=1S/C48H57ClN8O6/c1-27(2)56(30-19-33(20-30)62-31-9-10-35-34(21-31)43(61)57(48(35)15-16-48)38-11-12-40(58)53-42(38)60)26-28-13-17-55(18-14-28)39-25-51-37(24-52-39)41(59)54-44-46(3,4)45(47(44,5)6)63-32-8-7-29(23-50)36(49)22-32/h7-10,21-22,24-25,27-28,30,33,38,44-45H,11-20,26H2,1-6H3,(H,54,59)(H,53,58,60). The molecule has 2 aromatic carbocycles. The lowest BCUT2D eigenvalue weighted by Crippen LogP contribution is -2.74. The van der Waals surface area contributed by atoms with Crippen LogP contribution in [0.3, 0.4) is 0 Å². The summed E-state index contributed by atoms with van der Waals surface area (Å²) >= 11 is 6.26. The van der Waals surface area contributed by atoms with E-state index in [1.54, 1.807) is 35.5 Å². The molecule has 4 amide bonds. The van der Waals surface area contributed by atoms with Gasteiger partial charge in [0.2, 0.25) is 11.8 Å². The summed E-state index contributed by atoms with van der Waals surface area (Å²) in [5.74, 6) is 1.50. The number of hydrogen-bond donors (Lipinski definition) is 2. The third-order valence-electron chi connectivity index (χ3n) is 14.9. The molecule has 6 aliphatic rings. The lowest BCUT2D eigenvalue weighted by molar-refractivity contribution is -0.164. The fourth-order valence-corrected chi connectivity index (χ4v) is 11.8. The highest BCUT2D eigenvalue weighted by Gasteiger charge is 2.64. The molecule has 3 aliphatic heterocycles. The van der Waals surface area contributed by atoms with Gasteiger partial charge >= 0.3 is 0 Å². The Kier molecular flexibility index (Phi) is 11.0. The number of nitrogens with one attached hydrogen (secondary N) is 2. The molecule has 14 nitrogen and oxygen atoms in total. The van der Waals surface area contributed by atoms with Gasteiger partial charge in [-0.3, -0.25) is 29.4 Å². The van der Waals surface area contributed by atoms with Crippen LogP contribution >= 0.6 is 11.6 Å². The van der Waals surface area contributed by atoms with Gasteiger partial charge in [-0.25, -0.2) is 9.97 Å². The summed E-state index contributed by atoms with van der Waals surface area (Å²) in [6.07, 6.45) is 9.26. The summed E-state index contributed by atoms with van der Waals surface area (Å²) in [6.45, 7) is 15.5. The highest BCUT2D eigenvalue weighted by Crippen LogP contribution is 2.58. The zero-order valence-corrected chi connectivity index (χ0v) is 37.7. The molecule has 5 fully saturated rings. The second-order valence-corrected chi connectivity index (χ2v) is 20.4. The fourth-order valence-electron chi connectivity index (χ4n) is 11.6. The molecule has 1 atom stereocenters. The van der Waals surface area contributed by atoms with Crippen LogP contribution in [0.15, 0.2) is 48.8 Å². The van der Waals surface area contributed by atoms with Gasteiger partial charge in [0.15, 0.2) is 0 Å². The molecule has 0 radical (unpaired) electrons. The summed E-state index contributed by atoms with van der Waals surface area (Å²) in [6, 6.07) is 13.0. The van der Waals surface area contributed by atoms with Gasteiger partial charge in [-0.2, -0.15) is 5.26 Å². The van der Waals surface area contributed by atoms with Crippen molar-refractivity contribution in [2.24, 2.45) is 16.7 Å². The van der Waals surface area contributed by atoms with Crippen LogP contribution in [0.4, 0.5) is 5.82 Å². The van der Waals surface area contributed by atoms with Gasteiger partial charge in [0.1, 0.15) is 47.3 Å². The molecule has 15 heteroatoms. The Hall–Kier alpha value is -5.26. The van der Waals surface area contributed by atoms with E-state index in [2.05, 4.69) is 78.0 Å². The number of nitrogens with zero attached hydrogens (tertiary/aromatic N) is 6. The molecule has 332 valence electrons. The fraction of sp³-hybridized carbons (Fsp3) is 0.562. The van der Waals surface area contributed by atoms with Crippen molar-refractivity contribution in [1.29, 1.82) is 5.26 Å². The number of amides is 4. The van der Waals surface area contributed by atoms with Crippen molar-refractivity contribution < 1.29 is 28.7 Å². The van der Waals surface area contributed by atoms with Gasteiger partial charge < -0.3 is 24.6 Å². The van der Waals surface area contributed by atoms with Crippen LogP contribution in [0.1, 0.15) is 125 Å². The summed E-state index contributed by atoms with van der Waals surface area (Å²) in [5.41, 5.74) is 1.00. The van der Waals surface area contributed by atoms with Gasteiger partial charge in [-0.05, 0) is 81.7 Å². The quantitative estimate of drug-likeness (QED) is 0.193. The summed E-state index contributed by atoms with van der Waals surface area (Å²) in [4.78, 5) is 67.6. The molecule has 3 aliphatic carbocycles. The third-order valence-corrected chi connectivity index (χ3v) is 15.2. The maximum absolute atomic E-state index is 13.8. The molecular weight excluding hydrogens is 820 g/mol. The topological polar surface area (TPSA) is 170 Å². The number of nitriles is 1. The SMILES string of the molecule is CC(C)N(CC1CCN(c2cnc(C(=O)NC3C(C)(C)C(Oc4ccc(C#N)c(Cl)c4)C3(C)C)cn2)CC1)C1CC(Oc2ccc3c(c2)C(=O)N(C2CCC(=O)NC2=O)C32CC2)C1. The zero-order valence-electron chi connectivity index (χ0n) is 36.9. The molecule has 4 heterocycles. The van der Waals surface area contributed by atoms with E-state index >= 15 is 0 Å². The Bertz CT molecular complexity index is 2350. The van der Waals surface area contributed by atoms with Crippen LogP contribution in [-0.2, 0) is 15.1 Å². The van der Waals surface area contributed by atoms with Crippen LogP contribution in [0.25, 0.3) is 0 Å². The number of ether oxygens (including phenoxy) is 2. The number of rotatable bonds is 12. The van der Waals surface area contributed by atoms with Crippen LogP contribution < -0.4 is 25.0 Å². The Morgan fingerprint density at radius 2 is 1.68 bits per heavy atom. The van der Waals surface area contributed by atoms with Crippen molar-refractivity contribution in [3.05, 3.63) is 76.2 Å². The van der Waals surface area contributed by atoms with Crippen molar-refractivity contribution in [1.82, 2.24) is 30.4 Å². The molecule has 2 saturated heterocycles. The van der Waals surface area contributed by atoms with E-state index < -0.39 is 22.4 Å². The van der Waals surface area contributed by atoms with Gasteiger partial charge in [-0.1, -0.05) is 45.4 Å². The summed E-state index contributed by atoms with van der Waals surface area (Å²) in [5, 5.41) is 15.2. The number of piperidine rings is 2. The molecule has 3 aromatic rings. The molecule has 63 heavy (non-hydrogen) atoms. The molecule has 2 N–H and O–H groups in total. The number of aromatic nitrogens is 2. The van der Waals surface area contributed by atoms with Crippen LogP contribution in [-0.4, -0.2) is 99.4 Å². The lowest BCUT2D eigenvalue weighted by atomic mass is 9.49. The normalized spacial score (nSPS) is 26.7. The predicted molar refractivity (Wildman–Crippen MR) is 235 cm³/mol.